The van der Waals surface area contributed by atoms with Crippen molar-refractivity contribution in [1.82, 2.24) is 15.1 Å². The molecule has 1 fully saturated rings. The molecule has 1 aromatic heterocycles. The standard InChI is InChI=1S/C13H23N3S/c1-12(2,3)16-9-11(8-15-16)7-14-10-13(17-4)5-6-13/h8-9,14H,5-7,10H2,1-4H3. The maximum atomic E-state index is 4.41. The molecule has 4 heteroatoms. The lowest BCUT2D eigenvalue weighted by atomic mass is 10.1. The summed E-state index contributed by atoms with van der Waals surface area (Å²) in [4.78, 5) is 0. The molecule has 17 heavy (non-hydrogen) atoms. The van der Waals surface area contributed by atoms with Crippen molar-refractivity contribution in [3.63, 3.8) is 0 Å². The van der Waals surface area contributed by atoms with Gasteiger partial charge in [0.25, 0.3) is 0 Å². The Bertz CT molecular complexity index is 374. The fraction of sp³-hybridized carbons (Fsp3) is 0.769. The Hall–Kier alpha value is -0.480. The highest BCUT2D eigenvalue weighted by atomic mass is 32.2. The van der Waals surface area contributed by atoms with Crippen LogP contribution in [0.5, 0.6) is 0 Å². The van der Waals surface area contributed by atoms with Crippen molar-refractivity contribution in [3.05, 3.63) is 18.0 Å². The molecule has 1 saturated carbocycles. The number of rotatable bonds is 5. The van der Waals surface area contributed by atoms with E-state index in [2.05, 4.69) is 43.6 Å². The van der Waals surface area contributed by atoms with Gasteiger partial charge in [-0.1, -0.05) is 0 Å². The zero-order valence-corrected chi connectivity index (χ0v) is 12.1. The van der Waals surface area contributed by atoms with Gasteiger partial charge in [-0.25, -0.2) is 0 Å². The Labute approximate surface area is 108 Å². The molecule has 0 atom stereocenters. The minimum atomic E-state index is 0.0786. The predicted octanol–water partition coefficient (Wildman–Crippen LogP) is 2.62. The van der Waals surface area contributed by atoms with Gasteiger partial charge >= 0.3 is 0 Å². The van der Waals surface area contributed by atoms with Gasteiger partial charge in [0, 0.05) is 29.6 Å². The van der Waals surface area contributed by atoms with Crippen LogP contribution in [-0.4, -0.2) is 27.3 Å². The lowest BCUT2D eigenvalue weighted by molar-refractivity contribution is 0.355. The molecule has 0 saturated heterocycles. The van der Waals surface area contributed by atoms with Gasteiger partial charge in [-0.15, -0.1) is 0 Å². The molecule has 1 aliphatic rings. The number of nitrogens with one attached hydrogen (secondary N) is 1. The Kier molecular flexibility index (Phi) is 3.55. The maximum absolute atomic E-state index is 4.41. The minimum absolute atomic E-state index is 0.0786. The Morgan fingerprint density at radius 2 is 2.18 bits per heavy atom. The molecule has 1 N–H and O–H groups in total. The monoisotopic (exact) mass is 253 g/mol. The van der Waals surface area contributed by atoms with Crippen LogP contribution in [0.2, 0.25) is 0 Å². The largest absolute Gasteiger partial charge is 0.311 e. The number of hydrogen-bond acceptors (Lipinski definition) is 3. The molecular weight excluding hydrogens is 230 g/mol. The summed E-state index contributed by atoms with van der Waals surface area (Å²) in [6.07, 6.45) is 9.06. The van der Waals surface area contributed by atoms with Gasteiger partial charge in [-0.05, 0) is 39.9 Å². The second-order valence-electron chi connectivity index (χ2n) is 5.95. The van der Waals surface area contributed by atoms with Crippen LogP contribution >= 0.6 is 11.8 Å². The van der Waals surface area contributed by atoms with Crippen molar-refractivity contribution in [2.75, 3.05) is 12.8 Å². The van der Waals surface area contributed by atoms with Crippen molar-refractivity contribution in [2.24, 2.45) is 0 Å². The fourth-order valence-corrected chi connectivity index (χ4v) is 2.60. The zero-order valence-electron chi connectivity index (χ0n) is 11.3. The van der Waals surface area contributed by atoms with Crippen LogP contribution in [0, 0.1) is 0 Å². The minimum Gasteiger partial charge on any atom is -0.311 e. The van der Waals surface area contributed by atoms with Crippen molar-refractivity contribution in [2.45, 2.75) is 50.4 Å². The van der Waals surface area contributed by atoms with Crippen LogP contribution in [-0.2, 0) is 12.1 Å². The van der Waals surface area contributed by atoms with Gasteiger partial charge in [0.2, 0.25) is 0 Å². The molecule has 3 nitrogen and oxygen atoms in total. The molecule has 0 unspecified atom stereocenters. The molecule has 2 rings (SSSR count). The van der Waals surface area contributed by atoms with E-state index >= 15 is 0 Å². The summed E-state index contributed by atoms with van der Waals surface area (Å²) >= 11 is 2.00. The molecule has 1 aromatic rings. The summed E-state index contributed by atoms with van der Waals surface area (Å²) in [6.45, 7) is 8.56. The van der Waals surface area contributed by atoms with Crippen LogP contribution in [0.25, 0.3) is 0 Å². The first-order valence-corrected chi connectivity index (χ1v) is 7.48. The van der Waals surface area contributed by atoms with Crippen molar-refractivity contribution in [1.29, 1.82) is 0 Å². The molecule has 0 amide bonds. The van der Waals surface area contributed by atoms with Gasteiger partial charge in [0.05, 0.1) is 11.7 Å². The summed E-state index contributed by atoms with van der Waals surface area (Å²) < 4.78 is 2.57. The van der Waals surface area contributed by atoms with Gasteiger partial charge in [-0.2, -0.15) is 16.9 Å². The van der Waals surface area contributed by atoms with Crippen LogP contribution in [0.1, 0.15) is 39.2 Å². The van der Waals surface area contributed by atoms with E-state index in [0.717, 1.165) is 13.1 Å². The second kappa shape index (κ2) is 4.65. The zero-order chi connectivity index (χ0) is 12.5. The molecule has 0 radical (unpaired) electrons. The third kappa shape index (κ3) is 3.26. The number of aromatic nitrogens is 2. The first-order chi connectivity index (χ1) is 7.95. The summed E-state index contributed by atoms with van der Waals surface area (Å²) in [5.74, 6) is 0. The first kappa shape index (κ1) is 13.0. The normalized spacial score (nSPS) is 18.4. The number of thioether (sulfide) groups is 1. The Balaban J connectivity index is 1.81. The van der Waals surface area contributed by atoms with E-state index in [-0.39, 0.29) is 5.54 Å². The van der Waals surface area contributed by atoms with Gasteiger partial charge in [0.15, 0.2) is 0 Å². The number of nitrogens with zero attached hydrogens (tertiary/aromatic N) is 2. The van der Waals surface area contributed by atoms with E-state index in [1.807, 2.05) is 22.6 Å². The first-order valence-electron chi connectivity index (χ1n) is 6.25. The molecule has 0 aliphatic heterocycles. The molecule has 1 heterocycles. The molecule has 0 spiro atoms. The molecular formula is C13H23N3S. The summed E-state index contributed by atoms with van der Waals surface area (Å²) in [7, 11) is 0. The van der Waals surface area contributed by atoms with Gasteiger partial charge in [-0.3, -0.25) is 4.68 Å². The van der Waals surface area contributed by atoms with Crippen molar-refractivity contribution >= 4 is 11.8 Å². The van der Waals surface area contributed by atoms with Gasteiger partial charge < -0.3 is 5.32 Å². The third-order valence-corrected chi connectivity index (χ3v) is 4.76. The summed E-state index contributed by atoms with van der Waals surface area (Å²) in [5.41, 5.74) is 1.35. The van der Waals surface area contributed by atoms with E-state index < -0.39 is 0 Å². The lowest BCUT2D eigenvalue weighted by Gasteiger charge is -2.18. The van der Waals surface area contributed by atoms with E-state index in [0.29, 0.717) is 4.75 Å². The third-order valence-electron chi connectivity index (χ3n) is 3.34. The smallest absolute Gasteiger partial charge is 0.0543 e. The summed E-state index contributed by atoms with van der Waals surface area (Å²) in [5, 5.41) is 7.96. The van der Waals surface area contributed by atoms with Crippen LogP contribution in [0.3, 0.4) is 0 Å². The second-order valence-corrected chi connectivity index (χ2v) is 7.23. The molecule has 0 aromatic carbocycles. The fourth-order valence-electron chi connectivity index (χ4n) is 1.85. The van der Waals surface area contributed by atoms with E-state index in [1.54, 1.807) is 0 Å². The Morgan fingerprint density at radius 1 is 1.47 bits per heavy atom. The predicted molar refractivity (Wildman–Crippen MR) is 74.4 cm³/mol. The van der Waals surface area contributed by atoms with Crippen molar-refractivity contribution < 1.29 is 0 Å². The molecule has 1 aliphatic carbocycles. The molecule has 96 valence electrons. The number of hydrogen-bond donors (Lipinski definition) is 1. The summed E-state index contributed by atoms with van der Waals surface area (Å²) in [6, 6.07) is 0. The van der Waals surface area contributed by atoms with Crippen LogP contribution in [0.4, 0.5) is 0 Å². The van der Waals surface area contributed by atoms with Gasteiger partial charge in [0.1, 0.15) is 0 Å². The highest BCUT2D eigenvalue weighted by Crippen LogP contribution is 2.46. The average Bonchev–Trinajstić information content (AvgIpc) is 2.86. The maximum Gasteiger partial charge on any atom is 0.0543 e. The van der Waals surface area contributed by atoms with Crippen molar-refractivity contribution in [3.8, 4) is 0 Å². The quantitative estimate of drug-likeness (QED) is 0.875. The van der Waals surface area contributed by atoms with Crippen LogP contribution in [0.15, 0.2) is 12.4 Å². The van der Waals surface area contributed by atoms with E-state index in [1.165, 1.54) is 18.4 Å². The van der Waals surface area contributed by atoms with E-state index in [4.69, 9.17) is 0 Å². The van der Waals surface area contributed by atoms with Crippen LogP contribution < -0.4 is 5.32 Å². The SMILES string of the molecule is CSC1(CNCc2cnn(C(C)(C)C)c2)CC1. The average molecular weight is 253 g/mol. The van der Waals surface area contributed by atoms with E-state index in [9.17, 15) is 0 Å². The lowest BCUT2D eigenvalue weighted by Crippen LogP contribution is -2.25. The highest BCUT2D eigenvalue weighted by Gasteiger charge is 2.41. The highest BCUT2D eigenvalue weighted by molar-refractivity contribution is 8.00. The molecule has 0 bridgehead atoms. The topological polar surface area (TPSA) is 29.9 Å². The Morgan fingerprint density at radius 3 is 2.65 bits per heavy atom.